The van der Waals surface area contributed by atoms with Gasteiger partial charge in [-0.25, -0.2) is 4.98 Å². The molecule has 1 saturated heterocycles. The van der Waals surface area contributed by atoms with Crippen molar-refractivity contribution in [1.82, 2.24) is 15.8 Å². The highest BCUT2D eigenvalue weighted by Crippen LogP contribution is 2.39. The van der Waals surface area contributed by atoms with E-state index in [1.165, 1.54) is 37.7 Å². The maximum atomic E-state index is 12.7. The van der Waals surface area contributed by atoms with Gasteiger partial charge in [0.1, 0.15) is 12.3 Å². The summed E-state index contributed by atoms with van der Waals surface area (Å²) in [6, 6.07) is 12.7. The summed E-state index contributed by atoms with van der Waals surface area (Å²) in [4.78, 5) is 31.7. The number of hydrazine groups is 1. The molecule has 4 rings (SSSR count). The normalized spacial score (nSPS) is 13.1. The lowest BCUT2D eigenvalue weighted by Gasteiger charge is -2.25. The molecule has 1 aliphatic heterocycles. The molecule has 0 saturated carbocycles. The van der Waals surface area contributed by atoms with Gasteiger partial charge in [-0.05, 0) is 17.7 Å². The minimum atomic E-state index is -0.548. The number of anilines is 1. The fraction of sp³-hybridized carbons (Fsp3) is 0.292. The Labute approximate surface area is 206 Å². The summed E-state index contributed by atoms with van der Waals surface area (Å²) in [6.45, 7) is 3.00. The van der Waals surface area contributed by atoms with Crippen molar-refractivity contribution in [3.05, 3.63) is 64.7 Å². The van der Waals surface area contributed by atoms with Crippen LogP contribution < -0.4 is 30.0 Å². The molecule has 2 aromatic carbocycles. The lowest BCUT2D eigenvalue weighted by atomic mass is 10.1. The number of nitrogens with zero attached hydrogens (tertiary/aromatic N) is 2. The van der Waals surface area contributed by atoms with Crippen molar-refractivity contribution in [2.45, 2.75) is 6.61 Å². The maximum absolute atomic E-state index is 12.7. The van der Waals surface area contributed by atoms with Gasteiger partial charge in [0.2, 0.25) is 5.75 Å². The summed E-state index contributed by atoms with van der Waals surface area (Å²) in [6.07, 6.45) is 0. The summed E-state index contributed by atoms with van der Waals surface area (Å²) >= 11 is 1.37. The molecule has 0 atom stereocenters. The zero-order valence-corrected chi connectivity index (χ0v) is 20.2. The number of morpholine rings is 1. The minimum absolute atomic E-state index is 0.219. The average Bonchev–Trinajstić information content (AvgIpc) is 3.41. The molecular weight excluding hydrogens is 472 g/mol. The molecule has 1 fully saturated rings. The molecule has 3 aromatic rings. The summed E-state index contributed by atoms with van der Waals surface area (Å²) in [7, 11) is 2.95. The maximum Gasteiger partial charge on any atom is 0.289 e. The average molecular weight is 499 g/mol. The molecule has 0 aliphatic carbocycles. The van der Waals surface area contributed by atoms with Crippen LogP contribution >= 0.6 is 11.3 Å². The summed E-state index contributed by atoms with van der Waals surface area (Å²) in [5.41, 5.74) is 6.22. The van der Waals surface area contributed by atoms with Crippen LogP contribution in [0.25, 0.3) is 0 Å². The molecule has 35 heavy (non-hydrogen) atoms. The number of carbonyl (C=O) groups is 2. The van der Waals surface area contributed by atoms with E-state index in [4.69, 9.17) is 18.9 Å². The van der Waals surface area contributed by atoms with Gasteiger partial charge >= 0.3 is 0 Å². The Morgan fingerprint density at radius 3 is 2.34 bits per heavy atom. The van der Waals surface area contributed by atoms with Crippen LogP contribution in [0.5, 0.6) is 17.2 Å². The zero-order valence-electron chi connectivity index (χ0n) is 19.4. The summed E-state index contributed by atoms with van der Waals surface area (Å²) < 4.78 is 22.1. The standard InChI is InChI=1S/C24H26N4O6S/c1-31-19-12-17(13-20(32-2)21(19)34-14-16-6-4-3-5-7-16)22(29)26-27-23(30)18-15-35-24(25-18)28-8-10-33-11-9-28/h3-7,12-13,15H,8-11,14H2,1-2H3,(H,26,29)(H,27,30). The van der Waals surface area contributed by atoms with Crippen LogP contribution in [-0.2, 0) is 11.3 Å². The van der Waals surface area contributed by atoms with Gasteiger partial charge in [-0.15, -0.1) is 11.3 Å². The zero-order chi connectivity index (χ0) is 24.6. The van der Waals surface area contributed by atoms with Crippen molar-refractivity contribution in [2.75, 3.05) is 45.4 Å². The molecule has 1 aromatic heterocycles. The van der Waals surface area contributed by atoms with Crippen molar-refractivity contribution >= 4 is 28.3 Å². The third-order valence-electron chi connectivity index (χ3n) is 5.24. The lowest BCUT2D eigenvalue weighted by Crippen LogP contribution is -2.42. The molecule has 0 spiro atoms. The second kappa shape index (κ2) is 11.5. The molecule has 10 nitrogen and oxygen atoms in total. The number of methoxy groups -OCH3 is 2. The Morgan fingerprint density at radius 1 is 1.03 bits per heavy atom. The second-order valence-electron chi connectivity index (χ2n) is 7.51. The third kappa shape index (κ3) is 6.00. The van der Waals surface area contributed by atoms with Crippen LogP contribution in [0.4, 0.5) is 5.13 Å². The molecule has 1 aliphatic rings. The van der Waals surface area contributed by atoms with E-state index >= 15 is 0 Å². The van der Waals surface area contributed by atoms with Crippen molar-refractivity contribution in [3.63, 3.8) is 0 Å². The van der Waals surface area contributed by atoms with E-state index in [1.54, 1.807) is 5.38 Å². The van der Waals surface area contributed by atoms with Crippen molar-refractivity contribution in [3.8, 4) is 17.2 Å². The number of carbonyl (C=O) groups excluding carboxylic acids is 2. The van der Waals surface area contributed by atoms with E-state index in [-0.39, 0.29) is 11.3 Å². The van der Waals surface area contributed by atoms with E-state index in [0.717, 1.165) is 23.8 Å². The van der Waals surface area contributed by atoms with E-state index in [0.29, 0.717) is 37.1 Å². The predicted octanol–water partition coefficient (Wildman–Crippen LogP) is 2.65. The van der Waals surface area contributed by atoms with E-state index in [2.05, 4.69) is 20.7 Å². The molecule has 0 radical (unpaired) electrons. The van der Waals surface area contributed by atoms with Crippen molar-refractivity contribution in [1.29, 1.82) is 0 Å². The number of aromatic nitrogens is 1. The molecule has 2 amide bonds. The van der Waals surface area contributed by atoms with Crippen LogP contribution in [0.1, 0.15) is 26.4 Å². The highest BCUT2D eigenvalue weighted by atomic mass is 32.1. The Bertz CT molecular complexity index is 1140. The van der Waals surface area contributed by atoms with Crippen molar-refractivity contribution in [2.24, 2.45) is 0 Å². The largest absolute Gasteiger partial charge is 0.493 e. The fourth-order valence-electron chi connectivity index (χ4n) is 3.40. The molecule has 2 N–H and O–H groups in total. The smallest absolute Gasteiger partial charge is 0.289 e. The Kier molecular flexibility index (Phi) is 8.01. The molecular formula is C24H26N4O6S. The van der Waals surface area contributed by atoms with Crippen LogP contribution in [-0.4, -0.2) is 57.3 Å². The summed E-state index contributed by atoms with van der Waals surface area (Å²) in [5.74, 6) is -0.0422. The lowest BCUT2D eigenvalue weighted by molar-refractivity contribution is 0.0844. The first-order chi connectivity index (χ1) is 17.1. The molecule has 0 bridgehead atoms. The SMILES string of the molecule is COc1cc(C(=O)NNC(=O)c2csc(N3CCOCC3)n2)cc(OC)c1OCc1ccccc1. The topological polar surface area (TPSA) is 111 Å². The van der Waals surface area contributed by atoms with Gasteiger partial charge in [-0.1, -0.05) is 30.3 Å². The third-order valence-corrected chi connectivity index (χ3v) is 6.15. The molecule has 0 unspecified atom stereocenters. The highest BCUT2D eigenvalue weighted by Gasteiger charge is 2.20. The van der Waals surface area contributed by atoms with E-state index in [1.807, 2.05) is 30.3 Å². The number of benzene rings is 2. The van der Waals surface area contributed by atoms with Gasteiger partial charge in [-0.2, -0.15) is 0 Å². The van der Waals surface area contributed by atoms with Gasteiger partial charge < -0.3 is 23.8 Å². The Morgan fingerprint density at radius 2 is 1.69 bits per heavy atom. The summed E-state index contributed by atoms with van der Waals surface area (Å²) in [5, 5.41) is 2.39. The number of thiazole rings is 1. The second-order valence-corrected chi connectivity index (χ2v) is 8.34. The first kappa shape index (κ1) is 24.3. The van der Waals surface area contributed by atoms with Crippen LogP contribution in [0, 0.1) is 0 Å². The molecule has 11 heteroatoms. The first-order valence-electron chi connectivity index (χ1n) is 10.9. The number of hydrogen-bond acceptors (Lipinski definition) is 9. The number of hydrogen-bond donors (Lipinski definition) is 2. The monoisotopic (exact) mass is 498 g/mol. The van der Waals surface area contributed by atoms with Gasteiger partial charge in [0.25, 0.3) is 11.8 Å². The van der Waals surface area contributed by atoms with Gasteiger partial charge in [0.15, 0.2) is 16.6 Å². The van der Waals surface area contributed by atoms with Gasteiger partial charge in [-0.3, -0.25) is 20.4 Å². The molecule has 2 heterocycles. The minimum Gasteiger partial charge on any atom is -0.493 e. The number of nitrogens with one attached hydrogen (secondary N) is 2. The van der Waals surface area contributed by atoms with Crippen molar-refractivity contribution < 1.29 is 28.5 Å². The predicted molar refractivity (Wildman–Crippen MR) is 130 cm³/mol. The number of amides is 2. The quantitative estimate of drug-likeness (QED) is 0.456. The van der Waals surface area contributed by atoms with Crippen LogP contribution in [0.15, 0.2) is 47.8 Å². The van der Waals surface area contributed by atoms with Crippen LogP contribution in [0.2, 0.25) is 0 Å². The van der Waals surface area contributed by atoms with Crippen LogP contribution in [0.3, 0.4) is 0 Å². The van der Waals surface area contributed by atoms with E-state index in [9.17, 15) is 9.59 Å². The first-order valence-corrected chi connectivity index (χ1v) is 11.8. The fourth-order valence-corrected chi connectivity index (χ4v) is 4.26. The molecule has 184 valence electrons. The number of ether oxygens (including phenoxy) is 4. The van der Waals surface area contributed by atoms with E-state index < -0.39 is 11.8 Å². The Hall–Kier alpha value is -3.83. The number of rotatable bonds is 8. The van der Waals surface area contributed by atoms with Gasteiger partial charge in [0, 0.05) is 24.0 Å². The highest BCUT2D eigenvalue weighted by molar-refractivity contribution is 7.13. The Balaban J connectivity index is 1.40. The van der Waals surface area contributed by atoms with Gasteiger partial charge in [0.05, 0.1) is 27.4 Å².